The molecule has 0 unspecified atom stereocenters. The molecule has 2 N–H and O–H groups in total. The topological polar surface area (TPSA) is 123 Å². The molecule has 0 atom stereocenters. The first-order valence-electron chi connectivity index (χ1n) is 9.44. The molecule has 10 heteroatoms. The zero-order chi connectivity index (χ0) is 21.1. The minimum atomic E-state index is -0.273. The highest BCUT2D eigenvalue weighted by molar-refractivity contribution is 7.99. The van der Waals surface area contributed by atoms with Crippen molar-refractivity contribution in [3.8, 4) is 17.1 Å². The molecule has 0 fully saturated rings. The molecule has 0 bridgehead atoms. The van der Waals surface area contributed by atoms with E-state index in [1.165, 1.54) is 11.8 Å². The Bertz CT molecular complexity index is 1110. The first-order chi connectivity index (χ1) is 14.5. The maximum Gasteiger partial charge on any atom is 0.237 e. The number of carbonyl (C=O) groups is 2. The lowest BCUT2D eigenvalue weighted by Gasteiger charge is -2.16. The average Bonchev–Trinajstić information content (AvgIpc) is 3.21. The Morgan fingerprint density at radius 1 is 1.23 bits per heavy atom. The van der Waals surface area contributed by atoms with E-state index in [1.54, 1.807) is 14.0 Å². The Balaban J connectivity index is 1.40. The number of thioether (sulfide) groups is 1. The summed E-state index contributed by atoms with van der Waals surface area (Å²) in [5, 5.41) is 10.2. The average molecular weight is 424 g/mol. The number of ether oxygens (including phenoxy) is 1. The molecular weight excluding hydrogens is 404 g/mol. The molecule has 3 aromatic rings. The van der Waals surface area contributed by atoms with E-state index in [1.807, 2.05) is 24.3 Å². The van der Waals surface area contributed by atoms with E-state index in [-0.39, 0.29) is 23.4 Å². The van der Waals surface area contributed by atoms with Crippen LogP contribution in [0.5, 0.6) is 5.75 Å². The number of nitrogens with zero attached hydrogens (tertiary/aromatic N) is 4. The van der Waals surface area contributed by atoms with Crippen molar-refractivity contribution < 1.29 is 14.3 Å². The standard InChI is InChI=1S/C20H20N6O3S/c1-11-17-13(7-5-8-14(17)27)22-19(21-11)23-16(28)10-30-20-24-18(25-26-20)12-6-3-4-9-15(12)29-2/h3-4,6,9H,5,7-8,10H2,1-2H3,(H,24,25,26)(H,21,22,23,28). The van der Waals surface area contributed by atoms with Crippen molar-refractivity contribution in [1.82, 2.24) is 25.1 Å². The lowest BCUT2D eigenvalue weighted by Crippen LogP contribution is -2.21. The quantitative estimate of drug-likeness (QED) is 0.579. The number of aromatic amines is 1. The molecule has 154 valence electrons. The van der Waals surface area contributed by atoms with E-state index in [9.17, 15) is 9.59 Å². The first-order valence-corrected chi connectivity index (χ1v) is 10.4. The number of nitrogens with one attached hydrogen (secondary N) is 2. The molecule has 2 heterocycles. The number of H-pyrrole nitrogens is 1. The number of benzene rings is 1. The third kappa shape index (κ3) is 4.18. The van der Waals surface area contributed by atoms with Gasteiger partial charge in [0.1, 0.15) is 5.75 Å². The van der Waals surface area contributed by atoms with Crippen LogP contribution in [0.15, 0.2) is 29.4 Å². The van der Waals surface area contributed by atoms with Gasteiger partial charge in [-0.15, -0.1) is 5.10 Å². The van der Waals surface area contributed by atoms with Crippen LogP contribution in [0.4, 0.5) is 5.95 Å². The highest BCUT2D eigenvalue weighted by Gasteiger charge is 2.23. The van der Waals surface area contributed by atoms with Crippen molar-refractivity contribution in [2.24, 2.45) is 0 Å². The zero-order valence-electron chi connectivity index (χ0n) is 16.6. The van der Waals surface area contributed by atoms with Crippen LogP contribution in [0.3, 0.4) is 0 Å². The number of para-hydroxylation sites is 1. The van der Waals surface area contributed by atoms with Gasteiger partial charge in [-0.3, -0.25) is 20.0 Å². The molecule has 1 amide bonds. The van der Waals surface area contributed by atoms with Gasteiger partial charge in [0.05, 0.1) is 35.4 Å². The summed E-state index contributed by atoms with van der Waals surface area (Å²) >= 11 is 1.19. The Labute approximate surface area is 177 Å². The highest BCUT2D eigenvalue weighted by atomic mass is 32.2. The summed E-state index contributed by atoms with van der Waals surface area (Å²) in [6.45, 7) is 1.77. The summed E-state index contributed by atoms with van der Waals surface area (Å²) < 4.78 is 5.34. The van der Waals surface area contributed by atoms with Gasteiger partial charge >= 0.3 is 0 Å². The number of carbonyl (C=O) groups excluding carboxylic acids is 2. The molecule has 0 radical (unpaired) electrons. The maximum absolute atomic E-state index is 12.3. The van der Waals surface area contributed by atoms with Gasteiger partial charge < -0.3 is 4.74 Å². The lowest BCUT2D eigenvalue weighted by atomic mass is 9.94. The van der Waals surface area contributed by atoms with Gasteiger partial charge in [-0.2, -0.15) is 0 Å². The molecule has 0 aliphatic heterocycles. The van der Waals surface area contributed by atoms with Gasteiger partial charge in [0.2, 0.25) is 17.0 Å². The van der Waals surface area contributed by atoms with Crippen molar-refractivity contribution in [3.05, 3.63) is 41.2 Å². The van der Waals surface area contributed by atoms with Crippen LogP contribution in [0.1, 0.15) is 34.6 Å². The SMILES string of the molecule is COc1ccccc1-c1nc(SCC(=O)Nc2nc(C)c3c(n2)CCCC3=O)n[nH]1. The van der Waals surface area contributed by atoms with Crippen LogP contribution in [0.25, 0.3) is 11.4 Å². The summed E-state index contributed by atoms with van der Waals surface area (Å²) in [4.78, 5) is 37.4. The Hall–Kier alpha value is -3.27. The normalized spacial score (nSPS) is 13.1. The van der Waals surface area contributed by atoms with E-state index < -0.39 is 0 Å². The summed E-state index contributed by atoms with van der Waals surface area (Å²) in [7, 11) is 1.59. The number of ketones is 1. The third-order valence-electron chi connectivity index (χ3n) is 4.67. The van der Waals surface area contributed by atoms with E-state index >= 15 is 0 Å². The van der Waals surface area contributed by atoms with Gasteiger partial charge in [-0.25, -0.2) is 15.0 Å². The second-order valence-corrected chi connectivity index (χ2v) is 7.68. The fourth-order valence-corrected chi connectivity index (χ4v) is 3.93. The third-order valence-corrected chi connectivity index (χ3v) is 5.52. The van der Waals surface area contributed by atoms with Gasteiger partial charge in [0.25, 0.3) is 0 Å². The van der Waals surface area contributed by atoms with Gasteiger partial charge in [0.15, 0.2) is 11.6 Å². The van der Waals surface area contributed by atoms with Crippen molar-refractivity contribution in [1.29, 1.82) is 0 Å². The minimum absolute atomic E-state index is 0.0673. The number of anilines is 1. The minimum Gasteiger partial charge on any atom is -0.496 e. The molecule has 1 aliphatic rings. The highest BCUT2D eigenvalue weighted by Crippen LogP contribution is 2.28. The molecule has 0 saturated heterocycles. The number of aromatic nitrogens is 5. The monoisotopic (exact) mass is 424 g/mol. The summed E-state index contributed by atoms with van der Waals surface area (Å²) in [6, 6.07) is 7.47. The Kier molecular flexibility index (Phi) is 5.75. The molecule has 1 aliphatic carbocycles. The first kappa shape index (κ1) is 20.0. The molecule has 0 spiro atoms. The number of rotatable bonds is 6. The van der Waals surface area contributed by atoms with Crippen molar-refractivity contribution >= 4 is 29.4 Å². The summed E-state index contributed by atoms with van der Waals surface area (Å²) in [5.41, 5.74) is 2.69. The summed E-state index contributed by atoms with van der Waals surface area (Å²) in [5.74, 6) is 1.36. The number of methoxy groups -OCH3 is 1. The molecule has 2 aromatic heterocycles. The number of fused-ring (bicyclic) bond motifs is 1. The van der Waals surface area contributed by atoms with Crippen LogP contribution in [0, 0.1) is 6.92 Å². The van der Waals surface area contributed by atoms with Crippen molar-refractivity contribution in [2.45, 2.75) is 31.3 Å². The van der Waals surface area contributed by atoms with Gasteiger partial charge in [0, 0.05) is 6.42 Å². The summed E-state index contributed by atoms with van der Waals surface area (Å²) in [6.07, 6.45) is 2.00. The molecule has 0 saturated carbocycles. The van der Waals surface area contributed by atoms with E-state index in [0.29, 0.717) is 46.5 Å². The largest absolute Gasteiger partial charge is 0.496 e. The molecular formula is C20H20N6O3S. The maximum atomic E-state index is 12.3. The smallest absolute Gasteiger partial charge is 0.237 e. The number of hydrogen-bond acceptors (Lipinski definition) is 8. The van der Waals surface area contributed by atoms with Crippen LogP contribution < -0.4 is 10.1 Å². The predicted octanol–water partition coefficient (Wildman–Crippen LogP) is 2.83. The second-order valence-electron chi connectivity index (χ2n) is 6.73. The van der Waals surface area contributed by atoms with Gasteiger partial charge in [-0.05, 0) is 31.9 Å². The van der Waals surface area contributed by atoms with Crippen LogP contribution in [-0.2, 0) is 11.2 Å². The van der Waals surface area contributed by atoms with Gasteiger partial charge in [-0.1, -0.05) is 23.9 Å². The molecule has 1 aromatic carbocycles. The molecule has 9 nitrogen and oxygen atoms in total. The lowest BCUT2D eigenvalue weighted by molar-refractivity contribution is -0.113. The zero-order valence-corrected chi connectivity index (χ0v) is 17.4. The van der Waals surface area contributed by atoms with E-state index in [2.05, 4.69) is 30.5 Å². The molecule has 4 rings (SSSR count). The van der Waals surface area contributed by atoms with E-state index in [0.717, 1.165) is 12.0 Å². The number of aryl methyl sites for hydroxylation is 2. The Morgan fingerprint density at radius 3 is 2.90 bits per heavy atom. The van der Waals surface area contributed by atoms with Crippen molar-refractivity contribution in [2.75, 3.05) is 18.2 Å². The van der Waals surface area contributed by atoms with E-state index in [4.69, 9.17) is 4.74 Å². The molecule has 30 heavy (non-hydrogen) atoms. The number of amides is 1. The number of Topliss-reactive ketones (excluding diaryl/α,β-unsaturated/α-hetero) is 1. The Morgan fingerprint density at radius 2 is 2.07 bits per heavy atom. The fourth-order valence-electron chi connectivity index (χ4n) is 3.34. The predicted molar refractivity (Wildman–Crippen MR) is 112 cm³/mol. The second kappa shape index (κ2) is 8.62. The van der Waals surface area contributed by atoms with Crippen LogP contribution in [0.2, 0.25) is 0 Å². The number of hydrogen-bond donors (Lipinski definition) is 2. The van der Waals surface area contributed by atoms with Crippen LogP contribution >= 0.6 is 11.8 Å². The van der Waals surface area contributed by atoms with Crippen LogP contribution in [-0.4, -0.2) is 49.7 Å². The van der Waals surface area contributed by atoms with Crippen molar-refractivity contribution in [3.63, 3.8) is 0 Å². The fraction of sp³-hybridized carbons (Fsp3) is 0.300.